The minimum atomic E-state index is -0.695. The van der Waals surface area contributed by atoms with Crippen LogP contribution in [0.25, 0.3) is 0 Å². The largest absolute Gasteiger partial charge is 0.295 e. The van der Waals surface area contributed by atoms with Crippen molar-refractivity contribution in [3.8, 4) is 0 Å². The molecule has 15 heavy (non-hydrogen) atoms. The SMILES string of the molecule is O=C(Nc1nncs1)c1cccc(F)n1. The molecule has 2 rings (SSSR count). The first-order chi connectivity index (χ1) is 7.25. The zero-order valence-corrected chi connectivity index (χ0v) is 8.16. The standard InChI is InChI=1S/C8H5FN4OS/c9-6-3-1-2-5(11-6)7(14)12-8-13-10-4-15-8/h1-4H,(H,12,13,14). The molecule has 2 aromatic heterocycles. The fourth-order valence-electron chi connectivity index (χ4n) is 0.923. The highest BCUT2D eigenvalue weighted by Gasteiger charge is 2.09. The van der Waals surface area contributed by atoms with Crippen LogP contribution in [0.15, 0.2) is 23.7 Å². The molecule has 0 saturated carbocycles. The molecule has 0 aromatic carbocycles. The summed E-state index contributed by atoms with van der Waals surface area (Å²) in [4.78, 5) is 14.9. The van der Waals surface area contributed by atoms with Gasteiger partial charge in [-0.05, 0) is 12.1 Å². The second-order valence-corrected chi connectivity index (χ2v) is 3.38. The van der Waals surface area contributed by atoms with Gasteiger partial charge in [0.2, 0.25) is 11.1 Å². The Morgan fingerprint density at radius 3 is 3.00 bits per heavy atom. The smallest absolute Gasteiger partial charge is 0.276 e. The summed E-state index contributed by atoms with van der Waals surface area (Å²) in [5.74, 6) is -1.20. The molecule has 0 bridgehead atoms. The van der Waals surface area contributed by atoms with Crippen molar-refractivity contribution in [3.05, 3.63) is 35.4 Å². The van der Waals surface area contributed by atoms with Crippen LogP contribution in [0.3, 0.4) is 0 Å². The summed E-state index contributed by atoms with van der Waals surface area (Å²) in [5, 5.41) is 9.96. The van der Waals surface area contributed by atoms with Gasteiger partial charge in [0.25, 0.3) is 5.91 Å². The van der Waals surface area contributed by atoms with Crippen molar-refractivity contribution in [1.82, 2.24) is 15.2 Å². The van der Waals surface area contributed by atoms with E-state index in [-0.39, 0.29) is 5.69 Å². The van der Waals surface area contributed by atoms with Crippen LogP contribution >= 0.6 is 11.3 Å². The van der Waals surface area contributed by atoms with Gasteiger partial charge >= 0.3 is 0 Å². The third-order valence-corrected chi connectivity index (χ3v) is 2.13. The van der Waals surface area contributed by atoms with E-state index in [0.29, 0.717) is 5.13 Å². The second kappa shape index (κ2) is 4.09. The lowest BCUT2D eigenvalue weighted by Crippen LogP contribution is -2.13. The van der Waals surface area contributed by atoms with Crippen LogP contribution in [0.5, 0.6) is 0 Å². The van der Waals surface area contributed by atoms with Gasteiger partial charge in [-0.2, -0.15) is 4.39 Å². The fourth-order valence-corrected chi connectivity index (χ4v) is 1.36. The highest BCUT2D eigenvalue weighted by molar-refractivity contribution is 7.13. The van der Waals surface area contributed by atoms with E-state index in [2.05, 4.69) is 20.5 Å². The second-order valence-electron chi connectivity index (χ2n) is 2.54. The monoisotopic (exact) mass is 224 g/mol. The summed E-state index contributed by atoms with van der Waals surface area (Å²) in [7, 11) is 0. The fraction of sp³-hybridized carbons (Fsp3) is 0. The number of rotatable bonds is 2. The molecular formula is C8H5FN4OS. The maximum Gasteiger partial charge on any atom is 0.276 e. The van der Waals surface area contributed by atoms with Crippen molar-refractivity contribution in [2.45, 2.75) is 0 Å². The number of nitrogens with zero attached hydrogens (tertiary/aromatic N) is 3. The Morgan fingerprint density at radius 2 is 2.33 bits per heavy atom. The minimum Gasteiger partial charge on any atom is -0.295 e. The van der Waals surface area contributed by atoms with Gasteiger partial charge in [0.05, 0.1) is 0 Å². The molecular weight excluding hydrogens is 219 g/mol. The van der Waals surface area contributed by atoms with Crippen LogP contribution in [-0.4, -0.2) is 21.1 Å². The maximum absolute atomic E-state index is 12.7. The first-order valence-corrected chi connectivity index (χ1v) is 4.84. The van der Waals surface area contributed by atoms with Crippen LogP contribution in [0.1, 0.15) is 10.5 Å². The van der Waals surface area contributed by atoms with Gasteiger partial charge in [-0.3, -0.25) is 10.1 Å². The molecule has 0 radical (unpaired) electrons. The number of carbonyl (C=O) groups is 1. The summed E-state index contributed by atoms with van der Waals surface area (Å²) in [5.41, 5.74) is 1.49. The summed E-state index contributed by atoms with van der Waals surface area (Å²) in [6, 6.07) is 4.00. The minimum absolute atomic E-state index is 0.00481. The Bertz CT molecular complexity index is 473. The van der Waals surface area contributed by atoms with Crippen molar-refractivity contribution in [2.24, 2.45) is 0 Å². The Kier molecular flexibility index (Phi) is 2.64. The number of carbonyl (C=O) groups excluding carboxylic acids is 1. The molecule has 1 N–H and O–H groups in total. The van der Waals surface area contributed by atoms with Crippen molar-refractivity contribution < 1.29 is 9.18 Å². The van der Waals surface area contributed by atoms with Gasteiger partial charge in [0.1, 0.15) is 11.2 Å². The van der Waals surface area contributed by atoms with Gasteiger partial charge in [-0.15, -0.1) is 10.2 Å². The van der Waals surface area contributed by atoms with E-state index < -0.39 is 11.9 Å². The predicted octanol–water partition coefficient (Wildman–Crippen LogP) is 1.32. The summed E-state index contributed by atoms with van der Waals surface area (Å²) < 4.78 is 12.7. The van der Waals surface area contributed by atoms with Gasteiger partial charge in [-0.25, -0.2) is 4.98 Å². The van der Waals surface area contributed by atoms with Crippen LogP contribution in [0.2, 0.25) is 0 Å². The third kappa shape index (κ3) is 2.32. The molecule has 0 spiro atoms. The highest BCUT2D eigenvalue weighted by Crippen LogP contribution is 2.09. The molecule has 0 aliphatic rings. The van der Waals surface area contributed by atoms with Crippen molar-refractivity contribution in [2.75, 3.05) is 5.32 Å². The van der Waals surface area contributed by atoms with E-state index in [1.165, 1.54) is 35.0 Å². The molecule has 0 saturated heterocycles. The molecule has 0 fully saturated rings. The topological polar surface area (TPSA) is 67.8 Å². The molecule has 1 amide bonds. The van der Waals surface area contributed by atoms with E-state index in [1.54, 1.807) is 0 Å². The molecule has 5 nitrogen and oxygen atoms in total. The van der Waals surface area contributed by atoms with Crippen molar-refractivity contribution in [3.63, 3.8) is 0 Å². The summed E-state index contributed by atoms with van der Waals surface area (Å²) >= 11 is 1.17. The molecule has 2 aromatic rings. The number of hydrogen-bond acceptors (Lipinski definition) is 5. The average Bonchev–Trinajstić information content (AvgIpc) is 2.70. The molecule has 0 atom stereocenters. The van der Waals surface area contributed by atoms with Crippen LogP contribution in [0, 0.1) is 5.95 Å². The van der Waals surface area contributed by atoms with Crippen molar-refractivity contribution in [1.29, 1.82) is 0 Å². The quantitative estimate of drug-likeness (QED) is 0.781. The van der Waals surface area contributed by atoms with Crippen molar-refractivity contribution >= 4 is 22.4 Å². The van der Waals surface area contributed by atoms with Crippen LogP contribution in [-0.2, 0) is 0 Å². The maximum atomic E-state index is 12.7. The summed E-state index contributed by atoms with van der Waals surface area (Å²) in [6.45, 7) is 0. The molecule has 0 aliphatic carbocycles. The van der Waals surface area contributed by atoms with Crippen LogP contribution < -0.4 is 5.32 Å². The van der Waals surface area contributed by atoms with E-state index in [4.69, 9.17) is 0 Å². The number of aromatic nitrogens is 3. The molecule has 0 aliphatic heterocycles. The van der Waals surface area contributed by atoms with Gasteiger partial charge < -0.3 is 0 Å². The van der Waals surface area contributed by atoms with Gasteiger partial charge in [-0.1, -0.05) is 17.4 Å². The van der Waals surface area contributed by atoms with Gasteiger partial charge in [0.15, 0.2) is 0 Å². The lowest BCUT2D eigenvalue weighted by atomic mass is 10.3. The van der Waals surface area contributed by atoms with Gasteiger partial charge in [0, 0.05) is 0 Å². The number of pyridine rings is 1. The first-order valence-electron chi connectivity index (χ1n) is 3.96. The number of amides is 1. The Morgan fingerprint density at radius 1 is 1.47 bits per heavy atom. The Labute approximate surface area is 88.0 Å². The molecule has 7 heteroatoms. The lowest BCUT2D eigenvalue weighted by molar-refractivity contribution is 0.102. The lowest BCUT2D eigenvalue weighted by Gasteiger charge is -1.99. The average molecular weight is 224 g/mol. The molecule has 76 valence electrons. The Hall–Kier alpha value is -1.89. The first kappa shape index (κ1) is 9.66. The highest BCUT2D eigenvalue weighted by atomic mass is 32.1. The zero-order valence-electron chi connectivity index (χ0n) is 7.35. The van der Waals surface area contributed by atoms with E-state index in [0.717, 1.165) is 0 Å². The number of halogens is 1. The predicted molar refractivity (Wildman–Crippen MR) is 52.1 cm³/mol. The van der Waals surface area contributed by atoms with E-state index in [1.807, 2.05) is 0 Å². The van der Waals surface area contributed by atoms with E-state index in [9.17, 15) is 9.18 Å². The molecule has 2 heterocycles. The number of anilines is 1. The zero-order chi connectivity index (χ0) is 10.7. The number of hydrogen-bond donors (Lipinski definition) is 1. The number of nitrogens with one attached hydrogen (secondary N) is 1. The normalized spacial score (nSPS) is 9.93. The van der Waals surface area contributed by atoms with Crippen LogP contribution in [0.4, 0.5) is 9.52 Å². The van der Waals surface area contributed by atoms with E-state index >= 15 is 0 Å². The third-order valence-electron chi connectivity index (χ3n) is 1.53. The Balaban J connectivity index is 2.15. The molecule has 0 unspecified atom stereocenters. The summed E-state index contributed by atoms with van der Waals surface area (Å²) in [6.07, 6.45) is 0.